The van der Waals surface area contributed by atoms with Crippen molar-refractivity contribution in [3.8, 4) is 0 Å². The summed E-state index contributed by atoms with van der Waals surface area (Å²) in [6, 6.07) is 13.0. The molecule has 0 radical (unpaired) electrons. The summed E-state index contributed by atoms with van der Waals surface area (Å²) in [5, 5.41) is 3.39. The fraction of sp³-hybridized carbons (Fsp3) is 0.280. The summed E-state index contributed by atoms with van der Waals surface area (Å²) in [7, 11) is 0. The molecule has 31 heavy (non-hydrogen) atoms. The van der Waals surface area contributed by atoms with E-state index in [9.17, 15) is 9.59 Å². The van der Waals surface area contributed by atoms with Gasteiger partial charge in [-0.2, -0.15) is 0 Å². The van der Waals surface area contributed by atoms with E-state index in [-0.39, 0.29) is 11.5 Å². The van der Waals surface area contributed by atoms with E-state index in [2.05, 4.69) is 35.2 Å². The summed E-state index contributed by atoms with van der Waals surface area (Å²) < 4.78 is 1.57. The first kappa shape index (κ1) is 20.7. The number of hydrogen-bond donors (Lipinski definition) is 1. The van der Waals surface area contributed by atoms with Gasteiger partial charge >= 0.3 is 0 Å². The standard InChI is InChI=1S/C25H26N4O2/c1-17(2)20-9-11-23-28-22-10-8-19(14-21(22)25(31)29(23)16-20)24(30)27-13-4-3-6-18-7-5-12-26-15-18/h5,7-12,14-17H,3-4,6,13H2,1-2H3,(H,27,30). The van der Waals surface area contributed by atoms with Crippen LogP contribution in [0.5, 0.6) is 0 Å². The first-order chi connectivity index (χ1) is 15.0. The zero-order valence-electron chi connectivity index (χ0n) is 17.8. The smallest absolute Gasteiger partial charge is 0.265 e. The molecule has 0 saturated carbocycles. The maximum Gasteiger partial charge on any atom is 0.265 e. The summed E-state index contributed by atoms with van der Waals surface area (Å²) in [5.74, 6) is 0.131. The number of nitrogens with zero attached hydrogens (tertiary/aromatic N) is 3. The van der Waals surface area contributed by atoms with Gasteiger partial charge in [0.15, 0.2) is 0 Å². The number of carbonyl (C=O) groups is 1. The van der Waals surface area contributed by atoms with Crippen molar-refractivity contribution in [1.29, 1.82) is 0 Å². The number of rotatable bonds is 7. The van der Waals surface area contributed by atoms with Crippen molar-refractivity contribution in [2.75, 3.05) is 6.54 Å². The van der Waals surface area contributed by atoms with E-state index in [1.807, 2.05) is 30.6 Å². The maximum atomic E-state index is 13.1. The van der Waals surface area contributed by atoms with Gasteiger partial charge in [0, 0.05) is 30.7 Å². The summed E-state index contributed by atoms with van der Waals surface area (Å²) in [5.41, 5.74) is 3.77. The number of fused-ring (bicyclic) bond motifs is 2. The van der Waals surface area contributed by atoms with E-state index >= 15 is 0 Å². The molecule has 4 aromatic rings. The number of unbranched alkanes of at least 4 members (excludes halogenated alkanes) is 1. The molecule has 6 nitrogen and oxygen atoms in total. The van der Waals surface area contributed by atoms with Crippen molar-refractivity contribution >= 4 is 22.5 Å². The second-order valence-corrected chi connectivity index (χ2v) is 8.07. The molecule has 6 heteroatoms. The molecular weight excluding hydrogens is 388 g/mol. The molecule has 0 aliphatic rings. The topological polar surface area (TPSA) is 76.4 Å². The number of hydrogen-bond acceptors (Lipinski definition) is 4. The van der Waals surface area contributed by atoms with Crippen molar-refractivity contribution in [2.45, 2.75) is 39.0 Å². The fourth-order valence-electron chi connectivity index (χ4n) is 3.61. The second kappa shape index (κ2) is 9.08. The SMILES string of the molecule is CC(C)c1ccc2nc3ccc(C(=O)NCCCCc4cccnc4)cc3c(=O)n2c1. The highest BCUT2D eigenvalue weighted by Crippen LogP contribution is 2.17. The molecule has 0 aliphatic heterocycles. The lowest BCUT2D eigenvalue weighted by Crippen LogP contribution is -2.25. The molecule has 4 rings (SSSR count). The van der Waals surface area contributed by atoms with Gasteiger partial charge in [0.2, 0.25) is 0 Å². The lowest BCUT2D eigenvalue weighted by Gasteiger charge is -2.10. The molecule has 0 saturated heterocycles. The summed E-state index contributed by atoms with van der Waals surface area (Å²) >= 11 is 0. The van der Waals surface area contributed by atoms with E-state index in [4.69, 9.17) is 0 Å². The molecule has 158 valence electrons. The third kappa shape index (κ3) is 4.63. The molecule has 0 fully saturated rings. The molecule has 1 N–H and O–H groups in total. The van der Waals surface area contributed by atoms with Crippen molar-refractivity contribution in [3.05, 3.63) is 88.1 Å². The average Bonchev–Trinajstić information content (AvgIpc) is 2.79. The van der Waals surface area contributed by atoms with Crippen LogP contribution in [0.4, 0.5) is 0 Å². The highest BCUT2D eigenvalue weighted by atomic mass is 16.1. The first-order valence-corrected chi connectivity index (χ1v) is 10.7. The van der Waals surface area contributed by atoms with E-state index in [1.165, 1.54) is 5.56 Å². The van der Waals surface area contributed by atoms with Crippen LogP contribution in [0.1, 0.15) is 54.1 Å². The Bertz CT molecular complexity index is 1280. The van der Waals surface area contributed by atoms with Crippen molar-refractivity contribution in [3.63, 3.8) is 0 Å². The Kier molecular flexibility index (Phi) is 6.07. The van der Waals surface area contributed by atoms with Crippen LogP contribution in [0, 0.1) is 0 Å². The minimum absolute atomic E-state index is 0.159. The Labute approximate surface area is 181 Å². The molecule has 1 aromatic carbocycles. The van der Waals surface area contributed by atoms with Gasteiger partial charge in [-0.15, -0.1) is 0 Å². The number of carbonyl (C=O) groups excluding carboxylic acids is 1. The molecule has 3 heterocycles. The van der Waals surface area contributed by atoms with Crippen LogP contribution < -0.4 is 10.9 Å². The minimum atomic E-state index is -0.177. The first-order valence-electron chi connectivity index (χ1n) is 10.7. The van der Waals surface area contributed by atoms with E-state index in [0.717, 1.165) is 24.8 Å². The molecule has 0 unspecified atom stereocenters. The van der Waals surface area contributed by atoms with Gasteiger partial charge in [0.1, 0.15) is 5.65 Å². The molecule has 0 aliphatic carbocycles. The lowest BCUT2D eigenvalue weighted by molar-refractivity contribution is 0.0953. The zero-order chi connectivity index (χ0) is 21.8. The average molecular weight is 415 g/mol. The van der Waals surface area contributed by atoms with Gasteiger partial charge in [0.05, 0.1) is 10.9 Å². The van der Waals surface area contributed by atoms with Crippen LogP contribution in [-0.2, 0) is 6.42 Å². The van der Waals surface area contributed by atoms with Gasteiger partial charge in [-0.1, -0.05) is 26.0 Å². The van der Waals surface area contributed by atoms with Crippen LogP contribution in [-0.4, -0.2) is 26.8 Å². The van der Waals surface area contributed by atoms with E-state index in [0.29, 0.717) is 34.6 Å². The number of amides is 1. The normalized spacial score (nSPS) is 11.3. The minimum Gasteiger partial charge on any atom is -0.352 e. The maximum absolute atomic E-state index is 13.1. The summed E-state index contributed by atoms with van der Waals surface area (Å²) in [6.45, 7) is 4.75. The Balaban J connectivity index is 1.47. The number of aryl methyl sites for hydroxylation is 1. The molecule has 1 amide bonds. The number of aromatic nitrogens is 3. The highest BCUT2D eigenvalue weighted by molar-refractivity contribution is 5.98. The Morgan fingerprint density at radius 1 is 1.13 bits per heavy atom. The third-order valence-corrected chi connectivity index (χ3v) is 5.46. The predicted octanol–water partition coefficient (Wildman–Crippen LogP) is 4.12. The van der Waals surface area contributed by atoms with Crippen LogP contribution in [0.15, 0.2) is 65.8 Å². The highest BCUT2D eigenvalue weighted by Gasteiger charge is 2.11. The lowest BCUT2D eigenvalue weighted by atomic mass is 10.1. The molecule has 0 spiro atoms. The van der Waals surface area contributed by atoms with Crippen LogP contribution in [0.3, 0.4) is 0 Å². The predicted molar refractivity (Wildman–Crippen MR) is 123 cm³/mol. The number of pyridine rings is 2. The monoisotopic (exact) mass is 414 g/mol. The largest absolute Gasteiger partial charge is 0.352 e. The summed E-state index contributed by atoms with van der Waals surface area (Å²) in [4.78, 5) is 34.3. The second-order valence-electron chi connectivity index (χ2n) is 8.07. The van der Waals surface area contributed by atoms with Gasteiger partial charge in [-0.3, -0.25) is 19.0 Å². The van der Waals surface area contributed by atoms with Crippen molar-refractivity contribution in [2.24, 2.45) is 0 Å². The van der Waals surface area contributed by atoms with E-state index < -0.39 is 0 Å². The van der Waals surface area contributed by atoms with Gasteiger partial charge < -0.3 is 5.32 Å². The quantitative estimate of drug-likeness (QED) is 0.365. The van der Waals surface area contributed by atoms with Crippen LogP contribution in [0.25, 0.3) is 16.6 Å². The van der Waals surface area contributed by atoms with Crippen molar-refractivity contribution < 1.29 is 4.79 Å². The Hall–Kier alpha value is -3.54. The number of benzene rings is 1. The van der Waals surface area contributed by atoms with Crippen molar-refractivity contribution in [1.82, 2.24) is 19.7 Å². The molecular formula is C25H26N4O2. The van der Waals surface area contributed by atoms with E-state index in [1.54, 1.807) is 28.8 Å². The Morgan fingerprint density at radius 2 is 2.00 bits per heavy atom. The molecule has 3 aromatic heterocycles. The van der Waals surface area contributed by atoms with Crippen LogP contribution >= 0.6 is 0 Å². The van der Waals surface area contributed by atoms with Gasteiger partial charge in [0.25, 0.3) is 11.5 Å². The Morgan fingerprint density at radius 3 is 2.77 bits per heavy atom. The molecule has 0 bridgehead atoms. The zero-order valence-corrected chi connectivity index (χ0v) is 17.8. The van der Waals surface area contributed by atoms with Crippen LogP contribution in [0.2, 0.25) is 0 Å². The van der Waals surface area contributed by atoms with Gasteiger partial charge in [-0.25, -0.2) is 4.98 Å². The molecule has 0 atom stereocenters. The van der Waals surface area contributed by atoms with Gasteiger partial charge in [-0.05, 0) is 66.6 Å². The third-order valence-electron chi connectivity index (χ3n) is 5.46. The summed E-state index contributed by atoms with van der Waals surface area (Å²) in [6.07, 6.45) is 8.26. The fourth-order valence-corrected chi connectivity index (χ4v) is 3.61. The number of nitrogens with one attached hydrogen (secondary N) is 1.